The van der Waals surface area contributed by atoms with Crippen LogP contribution in [0.3, 0.4) is 0 Å². The van der Waals surface area contributed by atoms with Gasteiger partial charge in [0.25, 0.3) is 0 Å². The van der Waals surface area contributed by atoms with Gasteiger partial charge in [-0.25, -0.2) is 9.88 Å². The summed E-state index contributed by atoms with van der Waals surface area (Å²) >= 11 is 1.72. The summed E-state index contributed by atoms with van der Waals surface area (Å²) in [6.45, 7) is 1.07. The van der Waals surface area contributed by atoms with Gasteiger partial charge in [0, 0.05) is 23.9 Å². The average molecular weight is 387 g/mol. The van der Waals surface area contributed by atoms with Crippen molar-refractivity contribution in [1.82, 2.24) is 0 Å². The second-order valence-electron chi connectivity index (χ2n) is 4.83. The zero-order valence-electron chi connectivity index (χ0n) is 12.8. The topological polar surface area (TPSA) is 43.6 Å². The quantitative estimate of drug-likeness (QED) is 0.720. The molecule has 1 aliphatic rings. The Morgan fingerprint density at radius 1 is 1.09 bits per heavy atom. The van der Waals surface area contributed by atoms with Crippen LogP contribution < -0.4 is 41.1 Å². The van der Waals surface area contributed by atoms with Crippen molar-refractivity contribution >= 4 is 22.2 Å². The number of ether oxygens (including phenoxy) is 3. The van der Waals surface area contributed by atoms with Crippen molar-refractivity contribution in [1.29, 1.82) is 0 Å². The standard InChI is InChI=1S/C15H18N2O3S.BrH/c1-18-12-7-10(8-13(19-2)14(12)20-3)16-15-17-6-4-5-11(17)9-21-15;/h7-9H,4-6H2,1-3H3;1H. The van der Waals surface area contributed by atoms with Crippen molar-refractivity contribution in [2.45, 2.75) is 19.4 Å². The molecule has 1 aromatic carbocycles. The predicted molar refractivity (Wildman–Crippen MR) is 82.2 cm³/mol. The molecule has 0 saturated carbocycles. The van der Waals surface area contributed by atoms with E-state index < -0.39 is 0 Å². The van der Waals surface area contributed by atoms with Crippen LogP contribution in [0.2, 0.25) is 0 Å². The van der Waals surface area contributed by atoms with Gasteiger partial charge in [-0.15, -0.1) is 0 Å². The Bertz CT molecular complexity index is 635. The van der Waals surface area contributed by atoms with Gasteiger partial charge in [0.1, 0.15) is 11.4 Å². The summed E-state index contributed by atoms with van der Waals surface area (Å²) < 4.78 is 18.4. The first-order valence-corrected chi connectivity index (χ1v) is 7.72. The molecule has 7 heteroatoms. The number of methoxy groups -OCH3 is 3. The highest BCUT2D eigenvalue weighted by molar-refractivity contribution is 7.13. The van der Waals surface area contributed by atoms with Crippen LogP contribution in [0.5, 0.6) is 17.2 Å². The van der Waals surface area contributed by atoms with E-state index >= 15 is 0 Å². The maximum absolute atomic E-state index is 5.38. The Hall–Kier alpha value is -1.47. The van der Waals surface area contributed by atoms with Crippen molar-refractivity contribution in [3.05, 3.63) is 23.2 Å². The number of fused-ring (bicyclic) bond motifs is 1. The molecule has 0 aliphatic carbocycles. The van der Waals surface area contributed by atoms with Crippen LogP contribution in [-0.2, 0) is 13.0 Å². The fraction of sp³-hybridized carbons (Fsp3) is 0.400. The van der Waals surface area contributed by atoms with E-state index in [-0.39, 0.29) is 17.0 Å². The van der Waals surface area contributed by atoms with Crippen LogP contribution in [0.1, 0.15) is 12.1 Å². The van der Waals surface area contributed by atoms with Crippen molar-refractivity contribution in [3.8, 4) is 17.2 Å². The lowest BCUT2D eigenvalue weighted by atomic mass is 10.2. The molecule has 3 rings (SSSR count). The Balaban J connectivity index is 0.00000176. The average Bonchev–Trinajstić information content (AvgIpc) is 3.11. The Morgan fingerprint density at radius 3 is 2.36 bits per heavy atom. The van der Waals surface area contributed by atoms with Gasteiger partial charge in [0.05, 0.1) is 27.9 Å². The first kappa shape index (κ1) is 16.9. The number of anilines is 2. The van der Waals surface area contributed by atoms with Crippen LogP contribution in [0.25, 0.3) is 0 Å². The van der Waals surface area contributed by atoms with Crippen LogP contribution in [-0.4, -0.2) is 21.3 Å². The molecular formula is C15H19BrN2O3S. The maximum atomic E-state index is 5.38. The van der Waals surface area contributed by atoms with E-state index in [9.17, 15) is 0 Å². The molecule has 2 heterocycles. The molecule has 0 saturated heterocycles. The van der Waals surface area contributed by atoms with Gasteiger partial charge < -0.3 is 31.2 Å². The second kappa shape index (κ2) is 7.19. The molecule has 0 atom stereocenters. The minimum Gasteiger partial charge on any atom is -1.00 e. The summed E-state index contributed by atoms with van der Waals surface area (Å²) in [4.78, 5) is 0. The summed E-state index contributed by atoms with van der Waals surface area (Å²) in [5, 5.41) is 6.80. The highest BCUT2D eigenvalue weighted by Crippen LogP contribution is 2.40. The highest BCUT2D eigenvalue weighted by atomic mass is 79.9. The fourth-order valence-electron chi connectivity index (χ4n) is 2.61. The molecule has 1 aromatic heterocycles. The van der Waals surface area contributed by atoms with Crippen LogP contribution in [0.15, 0.2) is 17.5 Å². The van der Waals surface area contributed by atoms with Crippen LogP contribution in [0.4, 0.5) is 10.8 Å². The van der Waals surface area contributed by atoms with Gasteiger partial charge in [0.15, 0.2) is 11.5 Å². The lowest BCUT2D eigenvalue weighted by Crippen LogP contribution is -3.00. The van der Waals surface area contributed by atoms with Gasteiger partial charge in [-0.1, -0.05) is 11.3 Å². The number of nitrogens with one attached hydrogen (secondary N) is 1. The molecule has 120 valence electrons. The molecule has 0 bridgehead atoms. The third-order valence-electron chi connectivity index (χ3n) is 3.63. The summed E-state index contributed by atoms with van der Waals surface area (Å²) in [7, 11) is 4.85. The third kappa shape index (κ3) is 3.01. The SMILES string of the molecule is COc1cc(Nc2scc3[n+]2CCC3)cc(OC)c1OC.[Br-]. The minimum absolute atomic E-state index is 0. The molecule has 22 heavy (non-hydrogen) atoms. The third-order valence-corrected chi connectivity index (χ3v) is 4.56. The summed E-state index contributed by atoms with van der Waals surface area (Å²) in [6, 6.07) is 3.84. The lowest BCUT2D eigenvalue weighted by molar-refractivity contribution is -0.672. The maximum Gasteiger partial charge on any atom is 0.339 e. The van der Waals surface area contributed by atoms with E-state index in [4.69, 9.17) is 14.2 Å². The van der Waals surface area contributed by atoms with Gasteiger partial charge in [-0.3, -0.25) is 0 Å². The summed E-state index contributed by atoms with van der Waals surface area (Å²) in [6.07, 6.45) is 2.38. The predicted octanol–water partition coefficient (Wildman–Crippen LogP) is -0.245. The zero-order chi connectivity index (χ0) is 14.8. The van der Waals surface area contributed by atoms with Crippen LogP contribution >= 0.6 is 11.3 Å². The van der Waals surface area contributed by atoms with E-state index in [0.29, 0.717) is 17.2 Å². The molecule has 5 nitrogen and oxygen atoms in total. The molecule has 0 unspecified atom stereocenters. The monoisotopic (exact) mass is 386 g/mol. The normalized spacial score (nSPS) is 12.3. The largest absolute Gasteiger partial charge is 1.00 e. The number of benzene rings is 1. The van der Waals surface area contributed by atoms with Gasteiger partial charge >= 0.3 is 5.13 Å². The lowest BCUT2D eigenvalue weighted by Gasteiger charge is -2.12. The Kier molecular flexibility index (Phi) is 5.52. The number of halogens is 1. The molecule has 0 fully saturated rings. The first-order chi connectivity index (χ1) is 10.3. The van der Waals surface area contributed by atoms with Gasteiger partial charge in [-0.05, 0) is 6.42 Å². The number of nitrogens with zero attached hydrogens (tertiary/aromatic N) is 1. The number of hydrogen-bond donors (Lipinski definition) is 1. The number of hydrogen-bond acceptors (Lipinski definition) is 5. The second-order valence-corrected chi connectivity index (χ2v) is 5.68. The van der Waals surface area contributed by atoms with Crippen molar-refractivity contribution in [2.24, 2.45) is 0 Å². The molecule has 0 amide bonds. The van der Waals surface area contributed by atoms with E-state index in [0.717, 1.165) is 23.8 Å². The molecule has 2 aromatic rings. The van der Waals surface area contributed by atoms with Crippen molar-refractivity contribution in [3.63, 3.8) is 0 Å². The summed E-state index contributed by atoms with van der Waals surface area (Å²) in [5.74, 6) is 1.91. The zero-order valence-corrected chi connectivity index (χ0v) is 15.2. The molecule has 1 aliphatic heterocycles. The summed E-state index contributed by atoms with van der Waals surface area (Å²) in [5.41, 5.74) is 2.32. The smallest absolute Gasteiger partial charge is 0.339 e. The van der Waals surface area contributed by atoms with Crippen molar-refractivity contribution < 1.29 is 35.8 Å². The fourth-order valence-corrected chi connectivity index (χ4v) is 3.62. The number of aryl methyl sites for hydroxylation is 1. The molecule has 0 spiro atoms. The molecule has 1 N–H and O–H groups in total. The molecular weight excluding hydrogens is 368 g/mol. The Morgan fingerprint density at radius 2 is 1.77 bits per heavy atom. The number of rotatable bonds is 5. The van der Waals surface area contributed by atoms with E-state index in [1.165, 1.54) is 12.1 Å². The van der Waals surface area contributed by atoms with Gasteiger partial charge in [0.2, 0.25) is 5.75 Å². The molecule has 0 radical (unpaired) electrons. The highest BCUT2D eigenvalue weighted by Gasteiger charge is 2.24. The number of thiazole rings is 1. The van der Waals surface area contributed by atoms with Gasteiger partial charge in [-0.2, -0.15) is 0 Å². The van der Waals surface area contributed by atoms with E-state index in [1.807, 2.05) is 12.1 Å². The van der Waals surface area contributed by atoms with Crippen LogP contribution in [0, 0.1) is 0 Å². The Labute approximate surface area is 144 Å². The van der Waals surface area contributed by atoms with E-state index in [1.54, 1.807) is 32.7 Å². The minimum atomic E-state index is 0. The van der Waals surface area contributed by atoms with Crippen molar-refractivity contribution in [2.75, 3.05) is 26.6 Å². The van der Waals surface area contributed by atoms with E-state index in [2.05, 4.69) is 15.3 Å². The first-order valence-electron chi connectivity index (χ1n) is 6.84. The number of aromatic nitrogens is 1.